The Morgan fingerprint density at radius 1 is 1.38 bits per heavy atom. The van der Waals surface area contributed by atoms with E-state index in [4.69, 9.17) is 21.5 Å². The van der Waals surface area contributed by atoms with E-state index >= 15 is 0 Å². The molecule has 0 aromatic heterocycles. The van der Waals surface area contributed by atoms with Crippen molar-refractivity contribution in [2.75, 3.05) is 12.5 Å². The maximum absolute atomic E-state index is 12.8. The number of aliphatic hydroxyl groups is 1. The zero-order valence-corrected chi connectivity index (χ0v) is 9.19. The van der Waals surface area contributed by atoms with Crippen LogP contribution in [0.25, 0.3) is 0 Å². The molecule has 2 unspecified atom stereocenters. The van der Waals surface area contributed by atoms with E-state index in [-0.39, 0.29) is 24.2 Å². The van der Waals surface area contributed by atoms with Crippen molar-refractivity contribution in [2.24, 2.45) is 5.16 Å². The topological polar surface area (TPSA) is 41.8 Å². The molecule has 5 heteroatoms. The lowest BCUT2D eigenvalue weighted by Gasteiger charge is -2.16. The Morgan fingerprint density at radius 3 is 2.62 bits per heavy atom. The minimum absolute atomic E-state index is 0.147. The third-order valence-corrected chi connectivity index (χ3v) is 2.86. The summed E-state index contributed by atoms with van der Waals surface area (Å²) < 4.78 is 12.8. The van der Waals surface area contributed by atoms with E-state index in [1.807, 2.05) is 0 Å². The molecule has 2 atom stereocenters. The van der Waals surface area contributed by atoms with Gasteiger partial charge in [0.1, 0.15) is 5.82 Å². The Labute approximate surface area is 97.5 Å². The fourth-order valence-electron chi connectivity index (χ4n) is 1.79. The maximum atomic E-state index is 12.8. The van der Waals surface area contributed by atoms with Gasteiger partial charge in [0.2, 0.25) is 0 Å². The molecule has 1 aliphatic rings. The molecule has 0 spiro atoms. The third-order valence-electron chi connectivity index (χ3n) is 2.58. The number of nitrogens with zero attached hydrogens (tertiary/aromatic N) is 1. The summed E-state index contributed by atoms with van der Waals surface area (Å²) in [5.41, 5.74) is 1.50. The van der Waals surface area contributed by atoms with Crippen LogP contribution < -0.4 is 0 Å². The monoisotopic (exact) mass is 243 g/mol. The Hall–Kier alpha value is -1.13. The van der Waals surface area contributed by atoms with E-state index in [0.29, 0.717) is 5.71 Å². The van der Waals surface area contributed by atoms with Crippen LogP contribution in [-0.4, -0.2) is 29.4 Å². The molecule has 16 heavy (non-hydrogen) atoms. The molecule has 1 aromatic carbocycles. The van der Waals surface area contributed by atoms with E-state index in [1.54, 1.807) is 12.1 Å². The summed E-state index contributed by atoms with van der Waals surface area (Å²) in [6, 6.07) is 6.04. The Kier molecular flexibility index (Phi) is 3.41. The standard InChI is InChI=1S/C11H11ClFNO2/c12-5-9-11(10(6-15)16-14-9)7-1-3-8(13)4-2-7/h1-4,10-11,15H,5-6H2. The first-order valence-corrected chi connectivity index (χ1v) is 5.44. The van der Waals surface area contributed by atoms with Crippen molar-refractivity contribution in [3.8, 4) is 0 Å². The Morgan fingerprint density at radius 2 is 2.06 bits per heavy atom. The van der Waals surface area contributed by atoms with Gasteiger partial charge in [0.05, 0.1) is 24.1 Å². The number of aliphatic hydroxyl groups excluding tert-OH is 1. The molecule has 0 bridgehead atoms. The van der Waals surface area contributed by atoms with E-state index in [0.717, 1.165) is 5.56 Å². The normalized spacial score (nSPS) is 24.1. The van der Waals surface area contributed by atoms with Crippen LogP contribution >= 0.6 is 11.6 Å². The SMILES string of the molecule is OCC1ON=C(CCl)C1c1ccc(F)cc1. The number of alkyl halides is 1. The van der Waals surface area contributed by atoms with E-state index in [2.05, 4.69) is 5.16 Å². The van der Waals surface area contributed by atoms with Gasteiger partial charge in [-0.15, -0.1) is 11.6 Å². The maximum Gasteiger partial charge on any atom is 0.162 e. The van der Waals surface area contributed by atoms with Gasteiger partial charge in [-0.25, -0.2) is 4.39 Å². The van der Waals surface area contributed by atoms with E-state index < -0.39 is 6.10 Å². The zero-order chi connectivity index (χ0) is 11.5. The van der Waals surface area contributed by atoms with Crippen molar-refractivity contribution in [3.63, 3.8) is 0 Å². The highest BCUT2D eigenvalue weighted by Gasteiger charge is 2.34. The van der Waals surface area contributed by atoms with Gasteiger partial charge in [0.25, 0.3) is 0 Å². The molecule has 1 N–H and O–H groups in total. The van der Waals surface area contributed by atoms with Crippen LogP contribution in [0.15, 0.2) is 29.4 Å². The summed E-state index contributed by atoms with van der Waals surface area (Å²) in [5, 5.41) is 13.0. The molecule has 0 aliphatic carbocycles. The molecular weight excluding hydrogens is 233 g/mol. The molecule has 1 aromatic rings. The predicted octanol–water partition coefficient (Wildman–Crippen LogP) is 1.90. The highest BCUT2D eigenvalue weighted by atomic mass is 35.5. The van der Waals surface area contributed by atoms with Crippen LogP contribution in [-0.2, 0) is 4.84 Å². The van der Waals surface area contributed by atoms with Crippen molar-refractivity contribution in [1.82, 2.24) is 0 Å². The first-order chi connectivity index (χ1) is 7.76. The van der Waals surface area contributed by atoms with Gasteiger partial charge in [-0.3, -0.25) is 0 Å². The molecule has 0 saturated carbocycles. The molecular formula is C11H11ClFNO2. The van der Waals surface area contributed by atoms with Crippen molar-refractivity contribution in [2.45, 2.75) is 12.0 Å². The van der Waals surface area contributed by atoms with Crippen molar-refractivity contribution < 1.29 is 14.3 Å². The van der Waals surface area contributed by atoms with Gasteiger partial charge in [-0.1, -0.05) is 17.3 Å². The molecule has 0 radical (unpaired) electrons. The lowest BCUT2D eigenvalue weighted by Crippen LogP contribution is -2.25. The Bertz CT molecular complexity index is 393. The van der Waals surface area contributed by atoms with Crippen molar-refractivity contribution in [3.05, 3.63) is 35.6 Å². The molecule has 86 valence electrons. The van der Waals surface area contributed by atoms with Crippen molar-refractivity contribution in [1.29, 1.82) is 0 Å². The number of hydrogen-bond donors (Lipinski definition) is 1. The number of rotatable bonds is 3. The van der Waals surface area contributed by atoms with Gasteiger partial charge in [0.15, 0.2) is 6.10 Å². The quantitative estimate of drug-likeness (QED) is 0.824. The number of oxime groups is 1. The summed E-state index contributed by atoms with van der Waals surface area (Å²) >= 11 is 5.74. The third kappa shape index (κ3) is 2.03. The molecule has 1 aliphatic heterocycles. The average Bonchev–Trinajstić information content (AvgIpc) is 2.73. The van der Waals surface area contributed by atoms with Crippen LogP contribution in [0.3, 0.4) is 0 Å². The summed E-state index contributed by atoms with van der Waals surface area (Å²) in [5.74, 6) is -0.255. The fourth-order valence-corrected chi connectivity index (χ4v) is 2.01. The van der Waals surface area contributed by atoms with Crippen LogP contribution in [0.4, 0.5) is 4.39 Å². The van der Waals surface area contributed by atoms with Gasteiger partial charge in [0, 0.05) is 0 Å². The van der Waals surface area contributed by atoms with Gasteiger partial charge in [-0.2, -0.15) is 0 Å². The molecule has 2 rings (SSSR count). The van der Waals surface area contributed by atoms with E-state index in [9.17, 15) is 4.39 Å². The second-order valence-corrected chi connectivity index (χ2v) is 3.84. The summed E-state index contributed by atoms with van der Waals surface area (Å²) in [6.45, 7) is -0.147. The largest absolute Gasteiger partial charge is 0.392 e. The number of benzene rings is 1. The Balaban J connectivity index is 2.29. The smallest absolute Gasteiger partial charge is 0.162 e. The minimum atomic E-state index is -0.431. The minimum Gasteiger partial charge on any atom is -0.392 e. The summed E-state index contributed by atoms with van der Waals surface area (Å²) in [6.07, 6.45) is -0.431. The first-order valence-electron chi connectivity index (χ1n) is 4.91. The van der Waals surface area contributed by atoms with Crippen LogP contribution in [0.2, 0.25) is 0 Å². The molecule has 0 fully saturated rings. The van der Waals surface area contributed by atoms with E-state index in [1.165, 1.54) is 12.1 Å². The fraction of sp³-hybridized carbons (Fsp3) is 0.364. The average molecular weight is 244 g/mol. The number of hydrogen-bond acceptors (Lipinski definition) is 3. The molecule has 0 amide bonds. The van der Waals surface area contributed by atoms with Crippen molar-refractivity contribution >= 4 is 17.3 Å². The summed E-state index contributed by atoms with van der Waals surface area (Å²) in [7, 11) is 0. The van der Waals surface area contributed by atoms with Gasteiger partial charge < -0.3 is 9.94 Å². The van der Waals surface area contributed by atoms with Crippen LogP contribution in [0.1, 0.15) is 11.5 Å². The van der Waals surface area contributed by atoms with Crippen LogP contribution in [0, 0.1) is 5.82 Å². The summed E-state index contributed by atoms with van der Waals surface area (Å²) in [4.78, 5) is 5.06. The predicted molar refractivity (Wildman–Crippen MR) is 59.3 cm³/mol. The molecule has 3 nitrogen and oxygen atoms in total. The highest BCUT2D eigenvalue weighted by molar-refractivity contribution is 6.29. The van der Waals surface area contributed by atoms with Gasteiger partial charge in [-0.05, 0) is 17.7 Å². The lowest BCUT2D eigenvalue weighted by molar-refractivity contribution is 0.0307. The van der Waals surface area contributed by atoms with Crippen LogP contribution in [0.5, 0.6) is 0 Å². The molecule has 0 saturated heterocycles. The molecule has 1 heterocycles. The zero-order valence-electron chi connectivity index (χ0n) is 8.44. The lowest BCUT2D eigenvalue weighted by atomic mass is 9.90. The highest BCUT2D eigenvalue weighted by Crippen LogP contribution is 2.29. The number of halogens is 2. The first kappa shape index (κ1) is 11.4. The van der Waals surface area contributed by atoms with Gasteiger partial charge >= 0.3 is 0 Å². The second-order valence-electron chi connectivity index (χ2n) is 3.57. The second kappa shape index (κ2) is 4.80.